The number of nitrogens with one attached hydrogen (secondary N) is 4. The van der Waals surface area contributed by atoms with Gasteiger partial charge >= 0.3 is 6.03 Å². The van der Waals surface area contributed by atoms with Crippen molar-refractivity contribution in [2.45, 2.75) is 97.2 Å². The summed E-state index contributed by atoms with van der Waals surface area (Å²) in [5, 5.41) is 3.98. The van der Waals surface area contributed by atoms with Crippen LogP contribution < -0.4 is 20.9 Å². The van der Waals surface area contributed by atoms with E-state index in [1.807, 2.05) is 28.5 Å². The molecule has 2 amide bonds. The normalized spacial score (nSPS) is 42.3. The first-order valence-corrected chi connectivity index (χ1v) is 14.8. The number of hydrazine groups is 1. The summed E-state index contributed by atoms with van der Waals surface area (Å²) >= 11 is 3.55. The molecule has 176 valence electrons. The molecule has 12 heteroatoms. The lowest BCUT2D eigenvalue weighted by Crippen LogP contribution is -2.53. The van der Waals surface area contributed by atoms with E-state index in [1.54, 1.807) is 11.8 Å². The van der Waals surface area contributed by atoms with Gasteiger partial charge < -0.3 is 10.2 Å². The SMILES string of the molecule is CC1NCC(CN2C(=O)N(C3NNC(C)S3)C3CC(S(=O)(=O)NC4(C)CC4)CCC32)S1. The molecule has 5 fully saturated rings. The number of amides is 2. The van der Waals surface area contributed by atoms with E-state index in [0.29, 0.717) is 30.0 Å². The highest BCUT2D eigenvalue weighted by Crippen LogP contribution is 2.42. The van der Waals surface area contributed by atoms with Crippen molar-refractivity contribution in [3.05, 3.63) is 0 Å². The molecular formula is C19H34N6O3S3. The minimum atomic E-state index is -3.40. The number of carbonyl (C=O) groups excluding carboxylic acids is 1. The fourth-order valence-electron chi connectivity index (χ4n) is 5.27. The Balaban J connectivity index is 1.36. The molecule has 3 heterocycles. The number of nitrogens with zero attached hydrogens (tertiary/aromatic N) is 2. The van der Waals surface area contributed by atoms with Gasteiger partial charge in [0.05, 0.1) is 28.1 Å². The molecule has 9 nitrogen and oxygen atoms in total. The average Bonchev–Trinajstić information content (AvgIpc) is 3.03. The Kier molecular flexibility index (Phi) is 5.97. The molecule has 5 aliphatic rings. The zero-order chi connectivity index (χ0) is 22.0. The van der Waals surface area contributed by atoms with Gasteiger partial charge in [0.25, 0.3) is 0 Å². The number of carbonyl (C=O) groups is 1. The van der Waals surface area contributed by atoms with Gasteiger partial charge in [-0.05, 0) is 52.9 Å². The van der Waals surface area contributed by atoms with E-state index in [-0.39, 0.29) is 34.5 Å². The zero-order valence-corrected chi connectivity index (χ0v) is 20.8. The van der Waals surface area contributed by atoms with Crippen LogP contribution in [-0.2, 0) is 10.0 Å². The van der Waals surface area contributed by atoms with Gasteiger partial charge in [-0.1, -0.05) is 0 Å². The van der Waals surface area contributed by atoms with Crippen molar-refractivity contribution in [2.75, 3.05) is 13.1 Å². The second kappa shape index (κ2) is 8.21. The summed E-state index contributed by atoms with van der Waals surface area (Å²) in [6.45, 7) is 7.81. The molecule has 0 bridgehead atoms. The summed E-state index contributed by atoms with van der Waals surface area (Å²) in [5.41, 5.74) is 5.99. The maximum absolute atomic E-state index is 13.6. The third-order valence-corrected chi connectivity index (χ3v) is 11.7. The molecule has 7 atom stereocenters. The van der Waals surface area contributed by atoms with Crippen molar-refractivity contribution in [3.8, 4) is 0 Å². The molecule has 3 saturated heterocycles. The minimum Gasteiger partial charge on any atom is -0.318 e. The number of hydrogen-bond donors (Lipinski definition) is 4. The van der Waals surface area contributed by atoms with Gasteiger partial charge in [0, 0.05) is 23.9 Å². The lowest BCUT2D eigenvalue weighted by atomic mass is 9.89. The van der Waals surface area contributed by atoms with Crippen LogP contribution in [0.1, 0.15) is 52.9 Å². The van der Waals surface area contributed by atoms with Gasteiger partial charge in [0.15, 0.2) is 0 Å². The van der Waals surface area contributed by atoms with Gasteiger partial charge in [-0.15, -0.1) is 23.5 Å². The summed E-state index contributed by atoms with van der Waals surface area (Å²) in [5.74, 6) is 0. The van der Waals surface area contributed by atoms with Crippen molar-refractivity contribution in [1.82, 2.24) is 30.7 Å². The van der Waals surface area contributed by atoms with Crippen molar-refractivity contribution in [3.63, 3.8) is 0 Å². The van der Waals surface area contributed by atoms with Crippen LogP contribution in [0.15, 0.2) is 0 Å². The number of urea groups is 1. The summed E-state index contributed by atoms with van der Waals surface area (Å²) in [7, 11) is -3.40. The van der Waals surface area contributed by atoms with Crippen molar-refractivity contribution in [2.24, 2.45) is 0 Å². The lowest BCUT2D eigenvalue weighted by molar-refractivity contribution is 0.170. The highest BCUT2D eigenvalue weighted by Gasteiger charge is 2.54. The van der Waals surface area contributed by atoms with Crippen LogP contribution in [0.2, 0.25) is 0 Å². The zero-order valence-electron chi connectivity index (χ0n) is 18.3. The standard InChI is InChI=1S/C19H34N6O3S3/c1-11-20-9-13(29-11)10-24-15-5-4-14(31(27,28)23-19(3)6-7-19)8-16(15)25(18(24)26)17-22-21-12(2)30-17/h11-17,20-23H,4-10H2,1-3H3. The van der Waals surface area contributed by atoms with Crippen LogP contribution in [0.4, 0.5) is 4.79 Å². The number of rotatable bonds is 6. The topological polar surface area (TPSA) is 106 Å². The fraction of sp³-hybridized carbons (Fsp3) is 0.947. The molecule has 2 aliphatic carbocycles. The molecule has 2 saturated carbocycles. The minimum absolute atomic E-state index is 0.0382. The van der Waals surface area contributed by atoms with Crippen molar-refractivity contribution < 1.29 is 13.2 Å². The Bertz CT molecular complexity index is 825. The van der Waals surface area contributed by atoms with E-state index >= 15 is 0 Å². The Morgan fingerprint density at radius 2 is 1.90 bits per heavy atom. The largest absolute Gasteiger partial charge is 0.322 e. The summed E-state index contributed by atoms with van der Waals surface area (Å²) in [4.78, 5) is 17.6. The van der Waals surface area contributed by atoms with E-state index in [1.165, 1.54) is 0 Å². The van der Waals surface area contributed by atoms with Crippen LogP contribution in [0.5, 0.6) is 0 Å². The molecule has 0 aromatic heterocycles. The van der Waals surface area contributed by atoms with Gasteiger partial charge in [-0.25, -0.2) is 28.8 Å². The molecular weight excluding hydrogens is 456 g/mol. The fourth-order valence-corrected chi connectivity index (χ4v) is 9.47. The number of fused-ring (bicyclic) bond motifs is 1. The third kappa shape index (κ3) is 4.45. The van der Waals surface area contributed by atoms with E-state index in [4.69, 9.17) is 0 Å². The first-order chi connectivity index (χ1) is 14.7. The summed E-state index contributed by atoms with van der Waals surface area (Å²) in [6, 6.07) is 0.0187. The maximum Gasteiger partial charge on any atom is 0.322 e. The first kappa shape index (κ1) is 22.5. The third-order valence-electron chi connectivity index (χ3n) is 7.21. The lowest BCUT2D eigenvalue weighted by Gasteiger charge is -2.37. The van der Waals surface area contributed by atoms with Crippen LogP contribution in [0, 0.1) is 0 Å². The van der Waals surface area contributed by atoms with Crippen LogP contribution in [-0.4, -0.2) is 81.7 Å². The second-order valence-electron chi connectivity index (χ2n) is 9.85. The van der Waals surface area contributed by atoms with E-state index in [9.17, 15) is 13.2 Å². The molecule has 0 aromatic carbocycles. The van der Waals surface area contributed by atoms with Gasteiger partial charge in [0.2, 0.25) is 10.0 Å². The maximum atomic E-state index is 13.6. The van der Waals surface area contributed by atoms with E-state index in [2.05, 4.69) is 34.7 Å². The summed E-state index contributed by atoms with van der Waals surface area (Å²) < 4.78 is 29.2. The highest BCUT2D eigenvalue weighted by molar-refractivity contribution is 8.00. The molecule has 3 aliphatic heterocycles. The molecule has 7 unspecified atom stereocenters. The molecule has 0 aromatic rings. The molecule has 0 spiro atoms. The Labute approximate surface area is 193 Å². The van der Waals surface area contributed by atoms with Crippen molar-refractivity contribution >= 4 is 39.6 Å². The predicted octanol–water partition coefficient (Wildman–Crippen LogP) is 1.01. The number of sulfonamides is 1. The number of hydrogen-bond acceptors (Lipinski definition) is 8. The second-order valence-corrected chi connectivity index (χ2v) is 14.9. The number of thioether (sulfide) groups is 2. The molecule has 0 radical (unpaired) electrons. The molecule has 31 heavy (non-hydrogen) atoms. The van der Waals surface area contributed by atoms with Gasteiger partial charge in [0.1, 0.15) is 5.50 Å². The van der Waals surface area contributed by atoms with Gasteiger partial charge in [-0.3, -0.25) is 4.90 Å². The Morgan fingerprint density at radius 3 is 2.52 bits per heavy atom. The summed E-state index contributed by atoms with van der Waals surface area (Å²) in [6.07, 6.45) is 3.65. The molecule has 5 rings (SSSR count). The average molecular weight is 491 g/mol. The van der Waals surface area contributed by atoms with Gasteiger partial charge in [-0.2, -0.15) is 0 Å². The van der Waals surface area contributed by atoms with Crippen molar-refractivity contribution in [1.29, 1.82) is 0 Å². The Hall–Kier alpha value is -0.240. The quantitative estimate of drug-likeness (QED) is 0.437. The van der Waals surface area contributed by atoms with Crippen LogP contribution >= 0.6 is 23.5 Å². The Morgan fingerprint density at radius 1 is 1.13 bits per heavy atom. The van der Waals surface area contributed by atoms with E-state index < -0.39 is 15.3 Å². The monoisotopic (exact) mass is 490 g/mol. The first-order valence-electron chi connectivity index (χ1n) is 11.3. The smallest absolute Gasteiger partial charge is 0.318 e. The van der Waals surface area contributed by atoms with Crippen LogP contribution in [0.25, 0.3) is 0 Å². The molecule has 4 N–H and O–H groups in total. The van der Waals surface area contributed by atoms with Crippen LogP contribution in [0.3, 0.4) is 0 Å². The predicted molar refractivity (Wildman–Crippen MR) is 125 cm³/mol. The highest BCUT2D eigenvalue weighted by atomic mass is 32.2. The van der Waals surface area contributed by atoms with E-state index in [0.717, 1.165) is 25.8 Å².